The van der Waals surface area contributed by atoms with Crippen LogP contribution in [-0.4, -0.2) is 0 Å². The molecule has 0 saturated carbocycles. The minimum absolute atomic E-state index is 0.632. The maximum Gasteiger partial charge on any atom is 0.0353 e. The summed E-state index contributed by atoms with van der Waals surface area (Å²) < 4.78 is 0. The van der Waals surface area contributed by atoms with Crippen molar-refractivity contribution >= 4 is 0 Å². The summed E-state index contributed by atoms with van der Waals surface area (Å²) >= 11 is 0. The lowest BCUT2D eigenvalue weighted by Crippen LogP contribution is -1.87. The van der Waals surface area contributed by atoms with E-state index in [1.807, 2.05) is 0 Å². The average Bonchev–Trinajstić information content (AvgIpc) is 1.98. The Morgan fingerprint density at radius 3 is 2.73 bits per heavy atom. The monoisotopic (exact) mass is 143 g/mol. The molecule has 0 atom stereocenters. The smallest absolute Gasteiger partial charge is 0.0353 e. The molecule has 0 aromatic heterocycles. The van der Waals surface area contributed by atoms with Crippen molar-refractivity contribution in [1.82, 2.24) is 0 Å². The molecule has 0 aliphatic heterocycles. The summed E-state index contributed by atoms with van der Waals surface area (Å²) in [6, 6.07) is 6.28. The Kier molecular flexibility index (Phi) is 2.33. The molecule has 1 aromatic carbocycles. The fraction of sp³-hybridized carbons (Fsp3) is 0.273. The molecule has 0 bridgehead atoms. The topological polar surface area (TPSA) is 0 Å². The van der Waals surface area contributed by atoms with Gasteiger partial charge in [0.1, 0.15) is 0 Å². The Hall–Kier alpha value is -1.22. The van der Waals surface area contributed by atoms with Crippen LogP contribution in [0.3, 0.4) is 0 Å². The zero-order chi connectivity index (χ0) is 8.27. The van der Waals surface area contributed by atoms with Gasteiger partial charge in [-0.3, -0.25) is 0 Å². The normalized spacial score (nSPS) is 9.18. The highest BCUT2D eigenvalue weighted by molar-refractivity contribution is 5.32. The molecule has 11 heavy (non-hydrogen) atoms. The molecule has 0 aliphatic carbocycles. The molecule has 0 N–H and O–H groups in total. The van der Waals surface area contributed by atoms with Crippen LogP contribution >= 0.6 is 0 Å². The van der Waals surface area contributed by atoms with Crippen LogP contribution in [0.1, 0.15) is 16.7 Å². The summed E-state index contributed by atoms with van der Waals surface area (Å²) in [5.74, 6) is 2.40. The van der Waals surface area contributed by atoms with E-state index < -0.39 is 0 Å². The fourth-order valence-corrected chi connectivity index (χ4v) is 1.09. The van der Waals surface area contributed by atoms with Gasteiger partial charge in [-0.15, -0.1) is 0 Å². The summed E-state index contributed by atoms with van der Waals surface area (Å²) in [5.41, 5.74) is 3.70. The minimum Gasteiger partial charge on any atom is -0.0843 e. The van der Waals surface area contributed by atoms with Gasteiger partial charge in [0.25, 0.3) is 0 Å². The molecule has 55 valence electrons. The second-order valence-electron chi connectivity index (χ2n) is 2.78. The standard InChI is InChI=1S/C11H11/c1-4-5-11-8-9(2)6-7-10(11)3/h6-8H,5H2,2-3H3. The van der Waals surface area contributed by atoms with E-state index in [2.05, 4.69) is 38.0 Å². The van der Waals surface area contributed by atoms with Gasteiger partial charge in [-0.2, -0.15) is 0 Å². The molecule has 0 amide bonds. The van der Waals surface area contributed by atoms with E-state index >= 15 is 0 Å². The molecule has 0 spiro atoms. The van der Waals surface area contributed by atoms with Crippen LogP contribution in [0.4, 0.5) is 0 Å². The molecule has 1 radical (unpaired) electrons. The van der Waals surface area contributed by atoms with Gasteiger partial charge in [0.15, 0.2) is 0 Å². The van der Waals surface area contributed by atoms with Crippen molar-refractivity contribution in [2.75, 3.05) is 0 Å². The van der Waals surface area contributed by atoms with Crippen molar-refractivity contribution in [2.45, 2.75) is 20.3 Å². The molecule has 0 heterocycles. The van der Waals surface area contributed by atoms with E-state index in [9.17, 15) is 0 Å². The summed E-state index contributed by atoms with van der Waals surface area (Å²) in [6.45, 7) is 4.12. The van der Waals surface area contributed by atoms with Gasteiger partial charge >= 0.3 is 0 Å². The quantitative estimate of drug-likeness (QED) is 0.530. The van der Waals surface area contributed by atoms with Crippen molar-refractivity contribution in [3.63, 3.8) is 0 Å². The predicted molar refractivity (Wildman–Crippen MR) is 46.8 cm³/mol. The maximum absolute atomic E-state index is 6.86. The van der Waals surface area contributed by atoms with E-state index in [1.165, 1.54) is 16.7 Å². The lowest BCUT2D eigenvalue weighted by molar-refractivity contribution is 1.22. The van der Waals surface area contributed by atoms with Crippen molar-refractivity contribution in [3.8, 4) is 5.92 Å². The van der Waals surface area contributed by atoms with Crippen molar-refractivity contribution in [2.24, 2.45) is 0 Å². The van der Waals surface area contributed by atoms with Crippen LogP contribution in [0.15, 0.2) is 18.2 Å². The van der Waals surface area contributed by atoms with Gasteiger partial charge in [0, 0.05) is 6.42 Å². The zero-order valence-electron chi connectivity index (χ0n) is 6.94. The molecule has 1 rings (SSSR count). The third kappa shape index (κ3) is 1.85. The van der Waals surface area contributed by atoms with E-state index in [0.29, 0.717) is 6.42 Å². The summed E-state index contributed by atoms with van der Waals surface area (Å²) in [7, 11) is 0. The molecular formula is C11H11. The van der Waals surface area contributed by atoms with Crippen LogP contribution < -0.4 is 0 Å². The number of rotatable bonds is 1. The Bertz CT molecular complexity index is 289. The van der Waals surface area contributed by atoms with Crippen LogP contribution in [0.25, 0.3) is 0 Å². The Morgan fingerprint density at radius 2 is 2.09 bits per heavy atom. The van der Waals surface area contributed by atoms with Gasteiger partial charge in [-0.25, -0.2) is 0 Å². The Labute approximate surface area is 68.3 Å². The molecule has 1 aromatic rings. The molecule has 0 aliphatic rings. The van der Waals surface area contributed by atoms with Crippen LogP contribution in [-0.2, 0) is 6.42 Å². The van der Waals surface area contributed by atoms with Gasteiger partial charge < -0.3 is 0 Å². The zero-order valence-corrected chi connectivity index (χ0v) is 6.94. The lowest BCUT2D eigenvalue weighted by Gasteiger charge is -2.01. The first-order chi connectivity index (χ1) is 5.24. The summed E-state index contributed by atoms with van der Waals surface area (Å²) in [4.78, 5) is 0. The third-order valence-corrected chi connectivity index (χ3v) is 1.78. The molecule has 0 unspecified atom stereocenters. The van der Waals surface area contributed by atoms with E-state index in [4.69, 9.17) is 6.42 Å². The van der Waals surface area contributed by atoms with Crippen molar-refractivity contribution < 1.29 is 0 Å². The fourth-order valence-electron chi connectivity index (χ4n) is 1.09. The summed E-state index contributed by atoms with van der Waals surface area (Å²) in [6.07, 6.45) is 7.49. The first kappa shape index (κ1) is 7.88. The van der Waals surface area contributed by atoms with Crippen molar-refractivity contribution in [3.05, 3.63) is 41.3 Å². The maximum atomic E-state index is 6.86. The van der Waals surface area contributed by atoms with E-state index in [0.717, 1.165) is 0 Å². The van der Waals surface area contributed by atoms with Crippen LogP contribution in [0.2, 0.25) is 0 Å². The second-order valence-corrected chi connectivity index (χ2v) is 2.78. The molecule has 0 fully saturated rings. The van der Waals surface area contributed by atoms with E-state index in [1.54, 1.807) is 0 Å². The number of benzene rings is 1. The van der Waals surface area contributed by atoms with E-state index in [-0.39, 0.29) is 0 Å². The second kappa shape index (κ2) is 3.25. The number of hydrogen-bond acceptors (Lipinski definition) is 0. The molecular weight excluding hydrogens is 132 g/mol. The minimum atomic E-state index is 0.632. The summed E-state index contributed by atoms with van der Waals surface area (Å²) in [5, 5.41) is 0. The largest absolute Gasteiger partial charge is 0.0843 e. The van der Waals surface area contributed by atoms with Gasteiger partial charge in [0.2, 0.25) is 0 Å². The van der Waals surface area contributed by atoms with Gasteiger partial charge in [0.05, 0.1) is 0 Å². The molecule has 0 saturated heterocycles. The first-order valence-corrected chi connectivity index (χ1v) is 3.70. The lowest BCUT2D eigenvalue weighted by atomic mass is 10.0. The van der Waals surface area contributed by atoms with Crippen molar-refractivity contribution in [1.29, 1.82) is 0 Å². The van der Waals surface area contributed by atoms with Gasteiger partial charge in [-0.05, 0) is 31.4 Å². The predicted octanol–water partition coefficient (Wildman–Crippen LogP) is 2.44. The molecule has 0 heteroatoms. The van der Waals surface area contributed by atoms with Crippen LogP contribution in [0, 0.1) is 26.2 Å². The number of aryl methyl sites for hydroxylation is 2. The first-order valence-electron chi connectivity index (χ1n) is 3.70. The van der Waals surface area contributed by atoms with Crippen LogP contribution in [0.5, 0.6) is 0 Å². The average molecular weight is 143 g/mol. The third-order valence-electron chi connectivity index (χ3n) is 1.78. The number of hydrogen-bond donors (Lipinski definition) is 0. The van der Waals surface area contributed by atoms with Gasteiger partial charge in [-0.1, -0.05) is 29.7 Å². The molecule has 0 nitrogen and oxygen atoms in total. The Morgan fingerprint density at radius 1 is 1.36 bits per heavy atom. The SMILES string of the molecule is [C]#CCc1cc(C)ccc1C. The Balaban J connectivity index is 3.05. The highest BCUT2D eigenvalue weighted by Crippen LogP contribution is 2.10. The highest BCUT2D eigenvalue weighted by Gasteiger charge is 1.95. The highest BCUT2D eigenvalue weighted by atomic mass is 14.0.